The molecule has 1 aromatic heterocycles. The third-order valence-corrected chi connectivity index (χ3v) is 3.00. The second kappa shape index (κ2) is 4.82. The molecule has 0 radical (unpaired) electrons. The Bertz CT molecular complexity index is 679. The molecule has 106 valence electrons. The molecule has 0 fully saturated rings. The lowest BCUT2D eigenvalue weighted by molar-refractivity contribution is -0.141. The van der Waals surface area contributed by atoms with Gasteiger partial charge in [-0.05, 0) is 24.6 Å². The monoisotopic (exact) mass is 305 g/mol. The molecule has 0 aliphatic carbocycles. The van der Waals surface area contributed by atoms with Crippen molar-refractivity contribution in [3.63, 3.8) is 0 Å². The second-order valence-corrected chi connectivity index (χ2v) is 4.32. The summed E-state index contributed by atoms with van der Waals surface area (Å²) < 4.78 is 42.9. The Morgan fingerprint density at radius 1 is 1.40 bits per heavy atom. The molecule has 8 heteroatoms. The van der Waals surface area contributed by atoms with Crippen LogP contribution in [0.2, 0.25) is 5.02 Å². The van der Waals surface area contributed by atoms with Crippen LogP contribution in [0.5, 0.6) is 0 Å². The summed E-state index contributed by atoms with van der Waals surface area (Å²) in [4.78, 5) is 14.0. The number of oxazole rings is 1. The molecule has 0 bridgehead atoms. The Labute approximate surface area is 115 Å². The van der Waals surface area contributed by atoms with Crippen molar-refractivity contribution in [2.24, 2.45) is 0 Å². The van der Waals surface area contributed by atoms with Crippen molar-refractivity contribution in [2.75, 3.05) is 0 Å². The number of halogens is 4. The number of aromatic nitrogens is 1. The van der Waals surface area contributed by atoms with E-state index in [1.54, 1.807) is 13.0 Å². The molecule has 1 heterocycles. The largest absolute Gasteiger partial charge is 0.475 e. The van der Waals surface area contributed by atoms with Gasteiger partial charge in [0.05, 0.1) is 0 Å². The van der Waals surface area contributed by atoms with E-state index >= 15 is 0 Å². The Morgan fingerprint density at radius 3 is 2.55 bits per heavy atom. The maximum absolute atomic E-state index is 12.7. The number of benzene rings is 1. The average Bonchev–Trinajstić information content (AvgIpc) is 2.77. The van der Waals surface area contributed by atoms with E-state index in [2.05, 4.69) is 4.98 Å². The topological polar surface area (TPSA) is 63.3 Å². The predicted molar refractivity (Wildman–Crippen MR) is 63.6 cm³/mol. The van der Waals surface area contributed by atoms with E-state index in [0.29, 0.717) is 10.6 Å². The lowest BCUT2D eigenvalue weighted by Gasteiger charge is -2.02. The summed E-state index contributed by atoms with van der Waals surface area (Å²) in [7, 11) is 0. The molecule has 0 amide bonds. The summed E-state index contributed by atoms with van der Waals surface area (Å²) in [6, 6.07) is 4.49. The zero-order chi connectivity index (χ0) is 15.1. The first-order valence-electron chi connectivity index (χ1n) is 5.28. The Balaban J connectivity index is 2.65. The zero-order valence-corrected chi connectivity index (χ0v) is 10.7. The van der Waals surface area contributed by atoms with E-state index in [0.717, 1.165) is 0 Å². The van der Waals surface area contributed by atoms with Crippen LogP contribution in [0, 0.1) is 6.92 Å². The van der Waals surface area contributed by atoms with E-state index in [9.17, 15) is 18.0 Å². The summed E-state index contributed by atoms with van der Waals surface area (Å²) in [6.07, 6.45) is -4.91. The minimum Gasteiger partial charge on any atom is -0.475 e. The van der Waals surface area contributed by atoms with Crippen molar-refractivity contribution in [1.29, 1.82) is 0 Å². The summed E-state index contributed by atoms with van der Waals surface area (Å²) in [6.45, 7) is 1.57. The van der Waals surface area contributed by atoms with Gasteiger partial charge < -0.3 is 9.52 Å². The number of alkyl halides is 3. The van der Waals surface area contributed by atoms with E-state index < -0.39 is 29.5 Å². The third kappa shape index (κ3) is 2.49. The fourth-order valence-corrected chi connectivity index (χ4v) is 1.79. The van der Waals surface area contributed by atoms with Gasteiger partial charge in [-0.25, -0.2) is 9.78 Å². The molecule has 4 nitrogen and oxygen atoms in total. The molecule has 0 aliphatic heterocycles. The highest BCUT2D eigenvalue weighted by Gasteiger charge is 2.41. The fourth-order valence-electron chi connectivity index (χ4n) is 1.61. The van der Waals surface area contributed by atoms with E-state index in [4.69, 9.17) is 21.1 Å². The van der Waals surface area contributed by atoms with E-state index in [-0.39, 0.29) is 5.56 Å². The van der Waals surface area contributed by atoms with Gasteiger partial charge in [0.2, 0.25) is 11.7 Å². The highest BCUT2D eigenvalue weighted by Crippen LogP contribution is 2.36. The first-order chi connectivity index (χ1) is 9.21. The van der Waals surface area contributed by atoms with Crippen LogP contribution in [0.15, 0.2) is 22.6 Å². The number of carboxylic acids is 1. The van der Waals surface area contributed by atoms with Gasteiger partial charge in [-0.15, -0.1) is 0 Å². The Morgan fingerprint density at radius 2 is 2.05 bits per heavy atom. The quantitative estimate of drug-likeness (QED) is 0.910. The molecule has 1 N–H and O–H groups in total. The van der Waals surface area contributed by atoms with Crippen LogP contribution in [-0.4, -0.2) is 16.1 Å². The lowest BCUT2D eigenvalue weighted by Crippen LogP contribution is -2.11. The van der Waals surface area contributed by atoms with Crippen molar-refractivity contribution < 1.29 is 27.5 Å². The number of hydrogen-bond donors (Lipinski definition) is 1. The fraction of sp³-hybridized carbons (Fsp3) is 0.167. The zero-order valence-electron chi connectivity index (χ0n) is 9.95. The molecule has 0 unspecified atom stereocenters. The van der Waals surface area contributed by atoms with Crippen LogP contribution in [0.25, 0.3) is 11.5 Å². The van der Waals surface area contributed by atoms with E-state index in [1.807, 2.05) is 0 Å². The molecule has 2 aromatic rings. The van der Waals surface area contributed by atoms with Crippen molar-refractivity contribution in [3.05, 3.63) is 40.2 Å². The van der Waals surface area contributed by atoms with Crippen LogP contribution >= 0.6 is 11.6 Å². The maximum Gasteiger partial charge on any atom is 0.437 e. The highest BCUT2D eigenvalue weighted by molar-refractivity contribution is 6.31. The number of aromatic carboxylic acids is 1. The molecule has 0 aliphatic rings. The minimum absolute atomic E-state index is 0.204. The molecule has 0 saturated carbocycles. The number of nitrogens with zero attached hydrogens (tertiary/aromatic N) is 1. The summed E-state index contributed by atoms with van der Waals surface area (Å²) in [5.41, 5.74) is -0.920. The van der Waals surface area contributed by atoms with Crippen molar-refractivity contribution in [3.8, 4) is 11.5 Å². The van der Waals surface area contributed by atoms with Crippen molar-refractivity contribution >= 4 is 17.6 Å². The van der Waals surface area contributed by atoms with Gasteiger partial charge in [0.1, 0.15) is 0 Å². The summed E-state index contributed by atoms with van der Waals surface area (Å²) in [5.74, 6) is -3.52. The van der Waals surface area contributed by atoms with Crippen LogP contribution in [-0.2, 0) is 6.18 Å². The van der Waals surface area contributed by atoms with Crippen LogP contribution < -0.4 is 0 Å². The Hall–Kier alpha value is -2.02. The minimum atomic E-state index is -4.91. The van der Waals surface area contributed by atoms with Gasteiger partial charge in [0.15, 0.2) is 5.69 Å². The molecular formula is C12H7ClF3NO3. The van der Waals surface area contributed by atoms with Gasteiger partial charge in [-0.2, -0.15) is 13.2 Å². The SMILES string of the molecule is Cc1c(Cl)cccc1-c1nc(C(F)(F)F)c(C(=O)O)o1. The molecule has 20 heavy (non-hydrogen) atoms. The number of hydrogen-bond acceptors (Lipinski definition) is 3. The third-order valence-electron chi connectivity index (χ3n) is 2.59. The lowest BCUT2D eigenvalue weighted by atomic mass is 10.1. The first-order valence-corrected chi connectivity index (χ1v) is 5.66. The van der Waals surface area contributed by atoms with Crippen LogP contribution in [0.4, 0.5) is 13.2 Å². The molecule has 0 saturated heterocycles. The van der Waals surface area contributed by atoms with Gasteiger partial charge in [-0.3, -0.25) is 0 Å². The van der Waals surface area contributed by atoms with Crippen LogP contribution in [0.3, 0.4) is 0 Å². The summed E-state index contributed by atoms with van der Waals surface area (Å²) in [5, 5.41) is 9.06. The number of carboxylic acid groups (broad SMARTS) is 1. The average molecular weight is 306 g/mol. The predicted octanol–water partition coefficient (Wildman–Crippen LogP) is 4.02. The Kier molecular flexibility index (Phi) is 3.47. The van der Waals surface area contributed by atoms with Crippen LogP contribution in [0.1, 0.15) is 21.8 Å². The van der Waals surface area contributed by atoms with Gasteiger partial charge in [-0.1, -0.05) is 17.7 Å². The smallest absolute Gasteiger partial charge is 0.437 e. The first kappa shape index (κ1) is 14.4. The van der Waals surface area contributed by atoms with Crippen molar-refractivity contribution in [2.45, 2.75) is 13.1 Å². The summed E-state index contributed by atoms with van der Waals surface area (Å²) >= 11 is 5.85. The highest BCUT2D eigenvalue weighted by atomic mass is 35.5. The number of rotatable bonds is 2. The molecule has 2 rings (SSSR count). The normalized spacial score (nSPS) is 11.7. The van der Waals surface area contributed by atoms with E-state index in [1.165, 1.54) is 12.1 Å². The standard InChI is InChI=1S/C12H7ClF3NO3/c1-5-6(3-2-4-7(5)13)10-17-9(12(14,15)16)8(20-10)11(18)19/h2-4H,1H3,(H,18,19). The maximum atomic E-state index is 12.7. The molecule has 1 aromatic carbocycles. The van der Waals surface area contributed by atoms with Gasteiger partial charge in [0.25, 0.3) is 0 Å². The molecule has 0 spiro atoms. The second-order valence-electron chi connectivity index (χ2n) is 3.91. The van der Waals surface area contributed by atoms with Gasteiger partial charge >= 0.3 is 12.1 Å². The van der Waals surface area contributed by atoms with Gasteiger partial charge in [0, 0.05) is 10.6 Å². The molecule has 0 atom stereocenters. The number of carbonyl (C=O) groups is 1. The molecular weight excluding hydrogens is 299 g/mol. The van der Waals surface area contributed by atoms with Crippen molar-refractivity contribution in [1.82, 2.24) is 4.98 Å².